The number of benzene rings is 1. The van der Waals surface area contributed by atoms with E-state index in [0.29, 0.717) is 36.1 Å². The molecule has 0 N–H and O–H groups in total. The van der Waals surface area contributed by atoms with Crippen molar-refractivity contribution < 1.29 is 17.6 Å². The molecule has 32 heavy (non-hydrogen) atoms. The lowest BCUT2D eigenvalue weighted by atomic mass is 9.91. The van der Waals surface area contributed by atoms with Crippen molar-refractivity contribution in [2.45, 2.75) is 49.5 Å². The minimum absolute atomic E-state index is 0.0721. The second-order valence-electron chi connectivity index (χ2n) is 8.06. The molecule has 1 fully saturated rings. The summed E-state index contributed by atoms with van der Waals surface area (Å²) in [5.74, 6) is -1.20. The Hall–Kier alpha value is -3.00. The van der Waals surface area contributed by atoms with Gasteiger partial charge in [0, 0.05) is 30.6 Å². The summed E-state index contributed by atoms with van der Waals surface area (Å²) in [4.78, 5) is 25.5. The van der Waals surface area contributed by atoms with E-state index in [-0.39, 0.29) is 29.0 Å². The molecule has 1 aliphatic carbocycles. The Labute approximate surface area is 186 Å². The van der Waals surface area contributed by atoms with Gasteiger partial charge in [0.15, 0.2) is 9.84 Å². The van der Waals surface area contributed by atoms with E-state index in [4.69, 9.17) is 0 Å². The second kappa shape index (κ2) is 9.24. The molecular weight excluding hydrogens is 429 g/mol. The maximum Gasteiger partial charge on any atom is 0.160 e. The Morgan fingerprint density at radius 2 is 1.97 bits per heavy atom. The molecule has 1 saturated carbocycles. The summed E-state index contributed by atoms with van der Waals surface area (Å²) in [6, 6.07) is 10.1. The summed E-state index contributed by atoms with van der Waals surface area (Å²) in [6.45, 7) is 1.85. The predicted molar refractivity (Wildman–Crippen MR) is 119 cm³/mol. The molecule has 8 heteroatoms. The van der Waals surface area contributed by atoms with E-state index >= 15 is 0 Å². The summed E-state index contributed by atoms with van der Waals surface area (Å²) >= 11 is 0. The van der Waals surface area contributed by atoms with Gasteiger partial charge >= 0.3 is 0 Å². The van der Waals surface area contributed by atoms with E-state index in [1.807, 2.05) is 13.0 Å². The van der Waals surface area contributed by atoms with Crippen LogP contribution in [0.1, 0.15) is 49.2 Å². The van der Waals surface area contributed by atoms with Gasteiger partial charge in [0.25, 0.3) is 0 Å². The molecule has 0 spiro atoms. The van der Waals surface area contributed by atoms with Gasteiger partial charge in [-0.15, -0.1) is 0 Å². The average Bonchev–Trinajstić information content (AvgIpc) is 3.63. The van der Waals surface area contributed by atoms with Gasteiger partial charge in [0.2, 0.25) is 0 Å². The third-order valence-electron chi connectivity index (χ3n) is 5.66. The molecule has 0 radical (unpaired) electrons. The fraction of sp³-hybridized carbons (Fsp3) is 0.333. The van der Waals surface area contributed by atoms with E-state index in [0.717, 1.165) is 5.56 Å². The fourth-order valence-corrected chi connectivity index (χ4v) is 5.31. The van der Waals surface area contributed by atoms with Crippen LogP contribution in [-0.2, 0) is 26.8 Å². The van der Waals surface area contributed by atoms with Crippen molar-refractivity contribution in [3.8, 4) is 11.1 Å². The quantitative estimate of drug-likeness (QED) is 0.485. The first-order valence-corrected chi connectivity index (χ1v) is 12.3. The van der Waals surface area contributed by atoms with E-state index in [9.17, 15) is 17.6 Å². The highest BCUT2D eigenvalue weighted by Crippen LogP contribution is 2.31. The molecule has 1 aromatic carbocycles. The first-order valence-electron chi connectivity index (χ1n) is 10.6. The standard InChI is InChI=1S/C24H24FN3O3S/c1-2-20(22-9-11-27-24(28-22)15-32(30,31)19-7-8-19)23(29)13-17-6-5-16(12-21(17)25)18-4-3-10-26-14-18/h3-6,9-12,14,19-20H,2,7-8,13,15H2,1H3. The molecule has 1 atom stereocenters. The number of Topliss-reactive ketones (excluding diaryl/α,β-unsaturated/α-hetero) is 1. The minimum atomic E-state index is -3.25. The van der Waals surface area contributed by atoms with E-state index in [2.05, 4.69) is 15.0 Å². The van der Waals surface area contributed by atoms with E-state index in [1.54, 1.807) is 36.7 Å². The lowest BCUT2D eigenvalue weighted by Gasteiger charge is -2.15. The maximum atomic E-state index is 14.7. The van der Waals surface area contributed by atoms with Gasteiger partial charge in [-0.05, 0) is 48.6 Å². The SMILES string of the molecule is CCC(C(=O)Cc1ccc(-c2cccnc2)cc1F)c1ccnc(CS(=O)(=O)C2CC2)n1. The smallest absolute Gasteiger partial charge is 0.160 e. The van der Waals surface area contributed by atoms with Gasteiger partial charge < -0.3 is 0 Å². The Morgan fingerprint density at radius 1 is 1.16 bits per heavy atom. The summed E-state index contributed by atoms with van der Waals surface area (Å²) in [5, 5.41) is -0.295. The lowest BCUT2D eigenvalue weighted by molar-refractivity contribution is -0.120. The van der Waals surface area contributed by atoms with Crippen molar-refractivity contribution in [3.63, 3.8) is 0 Å². The highest BCUT2D eigenvalue weighted by atomic mass is 32.2. The number of sulfone groups is 1. The molecule has 166 valence electrons. The molecule has 2 heterocycles. The van der Waals surface area contributed by atoms with Crippen molar-refractivity contribution >= 4 is 15.6 Å². The summed E-state index contributed by atoms with van der Waals surface area (Å²) in [6.07, 6.45) is 6.56. The van der Waals surface area contributed by atoms with Crippen LogP contribution in [0, 0.1) is 5.82 Å². The number of halogens is 1. The third-order valence-corrected chi connectivity index (χ3v) is 7.80. The van der Waals surface area contributed by atoms with Crippen molar-refractivity contribution in [2.24, 2.45) is 0 Å². The number of carbonyl (C=O) groups excluding carboxylic acids is 1. The molecule has 0 aliphatic heterocycles. The van der Waals surface area contributed by atoms with E-state index < -0.39 is 21.6 Å². The maximum absolute atomic E-state index is 14.7. The first-order chi connectivity index (χ1) is 15.4. The number of rotatable bonds is 9. The number of aromatic nitrogens is 3. The number of pyridine rings is 1. The highest BCUT2D eigenvalue weighted by Gasteiger charge is 2.36. The van der Waals surface area contributed by atoms with Crippen LogP contribution < -0.4 is 0 Å². The van der Waals surface area contributed by atoms with E-state index in [1.165, 1.54) is 12.3 Å². The van der Waals surface area contributed by atoms with Crippen molar-refractivity contribution in [3.05, 3.63) is 77.9 Å². The van der Waals surface area contributed by atoms with Crippen LogP contribution in [0.2, 0.25) is 0 Å². The fourth-order valence-electron chi connectivity index (χ4n) is 3.72. The van der Waals surface area contributed by atoms with Crippen LogP contribution in [0.4, 0.5) is 4.39 Å². The Balaban J connectivity index is 1.50. The molecule has 6 nitrogen and oxygen atoms in total. The van der Waals surface area contributed by atoms with Gasteiger partial charge in [-0.2, -0.15) is 0 Å². The molecule has 0 amide bonds. The topological polar surface area (TPSA) is 89.9 Å². The predicted octanol–water partition coefficient (Wildman–Crippen LogP) is 4.06. The largest absolute Gasteiger partial charge is 0.299 e. The lowest BCUT2D eigenvalue weighted by Crippen LogP contribution is -2.18. The van der Waals surface area contributed by atoms with Gasteiger partial charge in [0.05, 0.1) is 16.9 Å². The Kier molecular flexibility index (Phi) is 6.41. The van der Waals surface area contributed by atoms with Crippen LogP contribution in [0.3, 0.4) is 0 Å². The zero-order chi connectivity index (χ0) is 22.7. The Morgan fingerprint density at radius 3 is 2.62 bits per heavy atom. The normalized spacial score (nSPS) is 14.8. The number of hydrogen-bond donors (Lipinski definition) is 0. The molecule has 0 bridgehead atoms. The minimum Gasteiger partial charge on any atom is -0.299 e. The Bertz CT molecular complexity index is 1230. The van der Waals surface area contributed by atoms with Gasteiger partial charge in [-0.25, -0.2) is 22.8 Å². The zero-order valence-electron chi connectivity index (χ0n) is 17.7. The third kappa shape index (κ3) is 5.07. The first kappa shape index (κ1) is 22.2. The average molecular weight is 454 g/mol. The monoisotopic (exact) mass is 453 g/mol. The summed E-state index contributed by atoms with van der Waals surface area (Å²) < 4.78 is 39.3. The number of hydrogen-bond acceptors (Lipinski definition) is 6. The molecule has 2 aromatic heterocycles. The van der Waals surface area contributed by atoms with Crippen LogP contribution in [0.15, 0.2) is 55.0 Å². The van der Waals surface area contributed by atoms with Crippen LogP contribution in [0.25, 0.3) is 11.1 Å². The van der Waals surface area contributed by atoms with Crippen LogP contribution >= 0.6 is 0 Å². The molecule has 3 aromatic rings. The summed E-state index contributed by atoms with van der Waals surface area (Å²) in [5.41, 5.74) is 2.27. The molecular formula is C24H24FN3O3S. The van der Waals surface area contributed by atoms with Crippen molar-refractivity contribution in [2.75, 3.05) is 0 Å². The number of nitrogens with zero attached hydrogens (tertiary/aromatic N) is 3. The molecule has 4 rings (SSSR count). The van der Waals surface area contributed by atoms with Crippen LogP contribution in [0.5, 0.6) is 0 Å². The van der Waals surface area contributed by atoms with Crippen molar-refractivity contribution in [1.29, 1.82) is 0 Å². The molecule has 0 saturated heterocycles. The van der Waals surface area contributed by atoms with Gasteiger partial charge in [-0.1, -0.05) is 25.1 Å². The zero-order valence-corrected chi connectivity index (χ0v) is 18.6. The second-order valence-corrected chi connectivity index (χ2v) is 10.3. The molecule has 1 unspecified atom stereocenters. The van der Waals surface area contributed by atoms with Gasteiger partial charge in [-0.3, -0.25) is 9.78 Å². The van der Waals surface area contributed by atoms with Crippen LogP contribution in [-0.4, -0.2) is 34.4 Å². The highest BCUT2D eigenvalue weighted by molar-refractivity contribution is 7.91. The van der Waals surface area contributed by atoms with Gasteiger partial charge in [0.1, 0.15) is 23.2 Å². The molecule has 1 aliphatic rings. The number of carbonyl (C=O) groups is 1. The summed E-state index contributed by atoms with van der Waals surface area (Å²) in [7, 11) is -3.25. The number of ketones is 1. The van der Waals surface area contributed by atoms with Crippen molar-refractivity contribution in [1.82, 2.24) is 15.0 Å².